The highest BCUT2D eigenvalue weighted by Crippen LogP contribution is 2.28. The van der Waals surface area contributed by atoms with Crippen LogP contribution in [0, 0.1) is 6.92 Å². The summed E-state index contributed by atoms with van der Waals surface area (Å²) in [4.78, 5) is 37.2. The van der Waals surface area contributed by atoms with E-state index in [1.165, 1.54) is 29.1 Å². The average molecular weight is 442 g/mol. The number of carbonyl (C=O) groups is 1. The van der Waals surface area contributed by atoms with Crippen molar-refractivity contribution in [3.05, 3.63) is 73.3 Å². The van der Waals surface area contributed by atoms with Crippen LogP contribution >= 0.6 is 11.6 Å². The van der Waals surface area contributed by atoms with E-state index in [4.69, 9.17) is 11.6 Å². The number of aryl methyl sites for hydroxylation is 2. The van der Waals surface area contributed by atoms with Crippen molar-refractivity contribution in [3.63, 3.8) is 0 Å². The summed E-state index contributed by atoms with van der Waals surface area (Å²) < 4.78 is 41.4. The van der Waals surface area contributed by atoms with E-state index in [1.807, 2.05) is 0 Å². The Bertz CT molecular complexity index is 1270. The van der Waals surface area contributed by atoms with Gasteiger partial charge in [-0.25, -0.2) is 9.36 Å². The quantitative estimate of drug-likeness (QED) is 0.676. The molecule has 0 atom stereocenters. The zero-order chi connectivity index (χ0) is 22.4. The van der Waals surface area contributed by atoms with Crippen molar-refractivity contribution >= 4 is 23.2 Å². The Hall–Kier alpha value is -3.34. The number of halogens is 4. The third-order valence-corrected chi connectivity index (χ3v) is 4.65. The van der Waals surface area contributed by atoms with Gasteiger partial charge in [0.25, 0.3) is 11.5 Å². The second-order valence-electron chi connectivity index (χ2n) is 6.46. The summed E-state index contributed by atoms with van der Waals surface area (Å²) in [6.45, 7) is 1.64. The molecule has 30 heavy (non-hydrogen) atoms. The standard InChI is InChI=1S/C18H15ClF3N5O3/c1-9-11(8-25(2)24-9)16(29)23-13-6-10(4-5-12(13)19)27-15(28)7-14(18(20,21)22)26(3)17(27)30/h4-8H,1-3H3,(H,23,29). The lowest BCUT2D eigenvalue weighted by molar-refractivity contribution is -0.144. The Morgan fingerprint density at radius 3 is 2.40 bits per heavy atom. The molecule has 0 saturated carbocycles. The third-order valence-electron chi connectivity index (χ3n) is 4.33. The highest BCUT2D eigenvalue weighted by Gasteiger charge is 2.35. The molecule has 8 nitrogen and oxygen atoms in total. The molecule has 158 valence electrons. The van der Waals surface area contributed by atoms with Crippen molar-refractivity contribution in [1.82, 2.24) is 18.9 Å². The predicted octanol–water partition coefficient (Wildman–Crippen LogP) is 2.50. The Morgan fingerprint density at radius 2 is 1.83 bits per heavy atom. The summed E-state index contributed by atoms with van der Waals surface area (Å²) in [5.74, 6) is -0.535. The van der Waals surface area contributed by atoms with Crippen molar-refractivity contribution in [3.8, 4) is 5.69 Å². The second-order valence-corrected chi connectivity index (χ2v) is 6.87. The van der Waals surface area contributed by atoms with E-state index in [-0.39, 0.29) is 22.0 Å². The zero-order valence-electron chi connectivity index (χ0n) is 15.9. The minimum Gasteiger partial charge on any atom is -0.320 e. The first-order chi connectivity index (χ1) is 13.9. The third kappa shape index (κ3) is 3.88. The molecule has 3 aromatic rings. The van der Waals surface area contributed by atoms with E-state index in [2.05, 4.69) is 10.4 Å². The van der Waals surface area contributed by atoms with Gasteiger partial charge in [0.1, 0.15) is 5.69 Å². The maximum Gasteiger partial charge on any atom is 0.431 e. The van der Waals surface area contributed by atoms with Gasteiger partial charge in [-0.3, -0.25) is 18.8 Å². The van der Waals surface area contributed by atoms with Crippen molar-refractivity contribution in [1.29, 1.82) is 0 Å². The molecule has 1 amide bonds. The predicted molar refractivity (Wildman–Crippen MR) is 103 cm³/mol. The van der Waals surface area contributed by atoms with Gasteiger partial charge in [0, 0.05) is 26.4 Å². The molecule has 1 N–H and O–H groups in total. The number of carbonyl (C=O) groups excluding carboxylic acids is 1. The van der Waals surface area contributed by atoms with Crippen LogP contribution in [0.4, 0.5) is 18.9 Å². The number of anilines is 1. The molecule has 0 aliphatic rings. The van der Waals surface area contributed by atoms with E-state index in [1.54, 1.807) is 14.0 Å². The largest absolute Gasteiger partial charge is 0.431 e. The Balaban J connectivity index is 2.07. The fourth-order valence-electron chi connectivity index (χ4n) is 2.90. The molecule has 3 rings (SSSR count). The van der Waals surface area contributed by atoms with Gasteiger partial charge in [0.05, 0.1) is 27.7 Å². The Labute approximate surface area is 172 Å². The van der Waals surface area contributed by atoms with Gasteiger partial charge in [0.2, 0.25) is 0 Å². The van der Waals surface area contributed by atoms with Crippen molar-refractivity contribution < 1.29 is 18.0 Å². The molecule has 0 aliphatic carbocycles. The van der Waals surface area contributed by atoms with Crippen LogP contribution in [0.25, 0.3) is 5.69 Å². The van der Waals surface area contributed by atoms with Gasteiger partial charge in [-0.05, 0) is 25.1 Å². The van der Waals surface area contributed by atoms with Crippen LogP contribution in [0.15, 0.2) is 40.1 Å². The summed E-state index contributed by atoms with van der Waals surface area (Å²) in [7, 11) is 2.55. The SMILES string of the molecule is Cc1nn(C)cc1C(=O)Nc1cc(-n2c(=O)cc(C(F)(F)F)n(C)c2=O)ccc1Cl. The molecular weight excluding hydrogens is 427 g/mol. The average Bonchev–Trinajstić information content (AvgIpc) is 2.98. The van der Waals surface area contributed by atoms with Gasteiger partial charge < -0.3 is 5.32 Å². The molecule has 0 aliphatic heterocycles. The summed E-state index contributed by atoms with van der Waals surface area (Å²) in [6.07, 6.45) is -3.37. The van der Waals surface area contributed by atoms with E-state index < -0.39 is 29.0 Å². The summed E-state index contributed by atoms with van der Waals surface area (Å²) in [5, 5.41) is 6.72. The van der Waals surface area contributed by atoms with Gasteiger partial charge in [-0.15, -0.1) is 0 Å². The van der Waals surface area contributed by atoms with Gasteiger partial charge in [0.15, 0.2) is 0 Å². The van der Waals surface area contributed by atoms with Crippen LogP contribution < -0.4 is 16.6 Å². The van der Waals surface area contributed by atoms with Crippen molar-refractivity contribution in [2.45, 2.75) is 13.1 Å². The first-order valence-electron chi connectivity index (χ1n) is 8.42. The fourth-order valence-corrected chi connectivity index (χ4v) is 3.06. The van der Waals surface area contributed by atoms with Gasteiger partial charge in [-0.2, -0.15) is 18.3 Å². The van der Waals surface area contributed by atoms with Crippen LogP contribution in [0.2, 0.25) is 5.02 Å². The number of hydrogen-bond acceptors (Lipinski definition) is 4. The summed E-state index contributed by atoms with van der Waals surface area (Å²) >= 11 is 6.10. The fraction of sp³-hybridized carbons (Fsp3) is 0.222. The van der Waals surface area contributed by atoms with Gasteiger partial charge in [-0.1, -0.05) is 11.6 Å². The molecule has 2 heterocycles. The highest BCUT2D eigenvalue weighted by molar-refractivity contribution is 6.34. The number of benzene rings is 1. The lowest BCUT2D eigenvalue weighted by Crippen LogP contribution is -2.40. The van der Waals surface area contributed by atoms with E-state index in [0.29, 0.717) is 20.9 Å². The monoisotopic (exact) mass is 441 g/mol. The maximum absolute atomic E-state index is 13.0. The number of hydrogen-bond donors (Lipinski definition) is 1. The normalized spacial score (nSPS) is 11.6. The topological polar surface area (TPSA) is 90.9 Å². The summed E-state index contributed by atoms with van der Waals surface area (Å²) in [5.41, 5.74) is -2.99. The van der Waals surface area contributed by atoms with Crippen LogP contribution in [0.5, 0.6) is 0 Å². The van der Waals surface area contributed by atoms with E-state index in [0.717, 1.165) is 7.05 Å². The Kier molecular flexibility index (Phi) is 5.33. The van der Waals surface area contributed by atoms with E-state index >= 15 is 0 Å². The first-order valence-corrected chi connectivity index (χ1v) is 8.79. The highest BCUT2D eigenvalue weighted by atomic mass is 35.5. The molecule has 0 saturated heterocycles. The lowest BCUT2D eigenvalue weighted by Gasteiger charge is -2.15. The number of alkyl halides is 3. The minimum absolute atomic E-state index is 0.0584. The van der Waals surface area contributed by atoms with Gasteiger partial charge >= 0.3 is 11.9 Å². The molecule has 0 unspecified atom stereocenters. The molecule has 0 fully saturated rings. The molecule has 1 aromatic carbocycles. The van der Waals surface area contributed by atoms with Crippen LogP contribution in [-0.2, 0) is 20.3 Å². The number of nitrogens with zero attached hydrogens (tertiary/aromatic N) is 4. The van der Waals surface area contributed by atoms with Crippen LogP contribution in [-0.4, -0.2) is 24.8 Å². The molecular formula is C18H15ClF3N5O3. The van der Waals surface area contributed by atoms with E-state index in [9.17, 15) is 27.6 Å². The smallest absolute Gasteiger partial charge is 0.320 e. The number of rotatable bonds is 3. The Morgan fingerprint density at radius 1 is 1.17 bits per heavy atom. The molecule has 0 radical (unpaired) electrons. The first kappa shape index (κ1) is 21.4. The number of aromatic nitrogens is 4. The lowest BCUT2D eigenvalue weighted by atomic mass is 10.2. The number of amides is 1. The number of nitrogens with one attached hydrogen (secondary N) is 1. The van der Waals surface area contributed by atoms with Crippen LogP contribution in [0.1, 0.15) is 21.7 Å². The molecule has 0 spiro atoms. The zero-order valence-corrected chi connectivity index (χ0v) is 16.7. The van der Waals surface area contributed by atoms with Crippen LogP contribution in [0.3, 0.4) is 0 Å². The molecule has 12 heteroatoms. The minimum atomic E-state index is -4.87. The molecule has 2 aromatic heterocycles. The molecule has 0 bridgehead atoms. The second kappa shape index (κ2) is 7.48. The van der Waals surface area contributed by atoms with Crippen molar-refractivity contribution in [2.75, 3.05) is 5.32 Å². The summed E-state index contributed by atoms with van der Waals surface area (Å²) in [6, 6.07) is 4.14. The maximum atomic E-state index is 13.0. The van der Waals surface area contributed by atoms with Crippen molar-refractivity contribution in [2.24, 2.45) is 14.1 Å².